The quantitative estimate of drug-likeness (QED) is 0.619. The van der Waals surface area contributed by atoms with E-state index in [9.17, 15) is 18.0 Å². The number of ether oxygens (including phenoxy) is 4. The molecule has 0 unspecified atom stereocenters. The number of carbonyl (C=O) groups excluding carboxylic acids is 2. The van der Waals surface area contributed by atoms with Crippen molar-refractivity contribution in [3.63, 3.8) is 0 Å². The van der Waals surface area contributed by atoms with E-state index in [4.69, 9.17) is 18.9 Å². The molecule has 0 aromatic heterocycles. The number of amides is 2. The van der Waals surface area contributed by atoms with Crippen LogP contribution in [0, 0.1) is 5.92 Å². The van der Waals surface area contributed by atoms with Crippen molar-refractivity contribution < 1.29 is 37.0 Å². The normalized spacial score (nSPS) is 22.1. The first-order valence-corrected chi connectivity index (χ1v) is 14.1. The van der Waals surface area contributed by atoms with Crippen LogP contribution in [0.15, 0.2) is 36.4 Å². The smallest absolute Gasteiger partial charge is 0.257 e. The molecule has 1 N–H and O–H groups in total. The van der Waals surface area contributed by atoms with E-state index in [0.717, 1.165) is 6.26 Å². The monoisotopic (exact) mass is 547 g/mol. The predicted molar refractivity (Wildman–Crippen MR) is 140 cm³/mol. The molecule has 38 heavy (non-hydrogen) atoms. The Hall–Kier alpha value is -3.51. The van der Waals surface area contributed by atoms with E-state index < -0.39 is 10.0 Å². The van der Waals surface area contributed by atoms with Crippen molar-refractivity contribution in [2.24, 2.45) is 5.92 Å². The fraction of sp³-hybridized carbons (Fsp3) is 0.462. The Morgan fingerprint density at radius 1 is 1.03 bits per heavy atom. The highest BCUT2D eigenvalue weighted by molar-refractivity contribution is 7.92. The van der Waals surface area contributed by atoms with Gasteiger partial charge in [0.15, 0.2) is 11.5 Å². The van der Waals surface area contributed by atoms with Crippen LogP contribution in [-0.4, -0.2) is 89.1 Å². The highest BCUT2D eigenvalue weighted by atomic mass is 32.2. The number of likely N-dealkylation sites (N-methyl/N-ethyl adjacent to an activating group) is 1. The van der Waals surface area contributed by atoms with Crippen molar-refractivity contribution in [2.45, 2.75) is 26.0 Å². The number of methoxy groups -OCH3 is 1. The standard InChI is InChI=1S/C26H33N3O8S/c1-16-12-29(25(30)18-6-8-22-23(10-18)37-15-36-22)17(2)14-35-21-9-7-19(27-38(5,32)33)11-20(21)26(31)28(3)13-24(16)34-4/h6-11,16-17,24,27H,12-15H2,1-5H3/t16-,17+,24-/m0/s1. The number of nitrogens with zero attached hydrogens (tertiary/aromatic N) is 2. The number of carbonyl (C=O) groups is 2. The molecule has 0 radical (unpaired) electrons. The number of hydrogen-bond donors (Lipinski definition) is 1. The fourth-order valence-electron chi connectivity index (χ4n) is 4.53. The molecule has 0 saturated carbocycles. The SMILES string of the molecule is CO[C@H]1CN(C)C(=O)c2cc(NS(C)(=O)=O)ccc2OC[C@@H](C)N(C(=O)c2ccc3c(c2)OCO3)C[C@@H]1C. The van der Waals surface area contributed by atoms with Crippen LogP contribution in [0.25, 0.3) is 0 Å². The maximum atomic E-state index is 13.7. The molecule has 2 amide bonds. The predicted octanol–water partition coefficient (Wildman–Crippen LogP) is 2.43. The zero-order valence-electron chi connectivity index (χ0n) is 22.1. The van der Waals surface area contributed by atoms with E-state index in [-0.39, 0.29) is 66.8 Å². The molecule has 2 aromatic carbocycles. The Kier molecular flexibility index (Phi) is 8.02. The lowest BCUT2D eigenvalue weighted by molar-refractivity contribution is 0.0111. The Balaban J connectivity index is 1.68. The average Bonchev–Trinajstić information content (AvgIpc) is 3.34. The molecule has 0 aliphatic carbocycles. The number of anilines is 1. The number of nitrogens with one attached hydrogen (secondary N) is 1. The third-order valence-electron chi connectivity index (χ3n) is 6.63. The summed E-state index contributed by atoms with van der Waals surface area (Å²) < 4.78 is 48.5. The molecule has 0 fully saturated rings. The first-order valence-electron chi connectivity index (χ1n) is 12.2. The van der Waals surface area contributed by atoms with E-state index in [1.54, 1.807) is 43.3 Å². The van der Waals surface area contributed by atoms with Gasteiger partial charge < -0.3 is 28.7 Å². The van der Waals surface area contributed by atoms with Gasteiger partial charge in [0.2, 0.25) is 16.8 Å². The number of fused-ring (bicyclic) bond motifs is 2. The van der Waals surface area contributed by atoms with Crippen molar-refractivity contribution in [3.8, 4) is 17.2 Å². The number of rotatable bonds is 4. The van der Waals surface area contributed by atoms with Gasteiger partial charge in [-0.1, -0.05) is 6.92 Å². The highest BCUT2D eigenvalue weighted by Crippen LogP contribution is 2.33. The highest BCUT2D eigenvalue weighted by Gasteiger charge is 2.31. The van der Waals surface area contributed by atoms with Crippen molar-refractivity contribution in [1.82, 2.24) is 9.80 Å². The first kappa shape index (κ1) is 27.5. The minimum absolute atomic E-state index is 0.101. The van der Waals surface area contributed by atoms with Crippen LogP contribution in [0.1, 0.15) is 34.6 Å². The molecule has 206 valence electrons. The second-order valence-electron chi connectivity index (χ2n) is 9.71. The summed E-state index contributed by atoms with van der Waals surface area (Å²) in [5, 5.41) is 0. The average molecular weight is 548 g/mol. The van der Waals surface area contributed by atoms with Crippen LogP contribution in [0.2, 0.25) is 0 Å². The number of benzene rings is 2. The Bertz CT molecular complexity index is 1320. The number of sulfonamides is 1. The molecule has 0 bridgehead atoms. The summed E-state index contributed by atoms with van der Waals surface area (Å²) in [6.45, 7) is 4.67. The Labute approximate surface area is 222 Å². The summed E-state index contributed by atoms with van der Waals surface area (Å²) in [5.74, 6) is 0.722. The molecule has 2 aliphatic rings. The van der Waals surface area contributed by atoms with Crippen LogP contribution in [0.3, 0.4) is 0 Å². The van der Waals surface area contributed by atoms with Gasteiger partial charge in [0.25, 0.3) is 11.8 Å². The molecule has 0 saturated heterocycles. The van der Waals surface area contributed by atoms with E-state index in [1.807, 2.05) is 13.8 Å². The van der Waals surface area contributed by atoms with Crippen LogP contribution >= 0.6 is 0 Å². The number of hydrogen-bond acceptors (Lipinski definition) is 8. The third kappa shape index (κ3) is 6.13. The summed E-state index contributed by atoms with van der Waals surface area (Å²) in [5.41, 5.74) is 0.900. The van der Waals surface area contributed by atoms with E-state index in [0.29, 0.717) is 23.6 Å². The topological polar surface area (TPSA) is 124 Å². The summed E-state index contributed by atoms with van der Waals surface area (Å²) >= 11 is 0. The van der Waals surface area contributed by atoms with E-state index in [1.165, 1.54) is 17.0 Å². The Morgan fingerprint density at radius 2 is 1.74 bits per heavy atom. The van der Waals surface area contributed by atoms with Gasteiger partial charge in [-0.05, 0) is 43.3 Å². The molecular weight excluding hydrogens is 514 g/mol. The summed E-state index contributed by atoms with van der Waals surface area (Å²) in [4.78, 5) is 30.3. The molecule has 2 aliphatic heterocycles. The van der Waals surface area contributed by atoms with Gasteiger partial charge in [0.1, 0.15) is 12.4 Å². The second kappa shape index (κ2) is 11.1. The molecule has 3 atom stereocenters. The molecule has 11 nitrogen and oxygen atoms in total. The minimum atomic E-state index is -3.55. The fourth-order valence-corrected chi connectivity index (χ4v) is 5.09. The molecule has 12 heteroatoms. The zero-order valence-corrected chi connectivity index (χ0v) is 22.9. The lowest BCUT2D eigenvalue weighted by atomic mass is 10.0. The van der Waals surface area contributed by atoms with E-state index >= 15 is 0 Å². The largest absolute Gasteiger partial charge is 0.491 e. The molecule has 4 rings (SSSR count). The lowest BCUT2D eigenvalue weighted by Crippen LogP contribution is -2.48. The molecule has 2 heterocycles. The van der Waals surface area contributed by atoms with Crippen LogP contribution in [0.5, 0.6) is 17.2 Å². The van der Waals surface area contributed by atoms with E-state index in [2.05, 4.69) is 4.72 Å². The van der Waals surface area contributed by atoms with Crippen LogP contribution in [-0.2, 0) is 14.8 Å². The van der Waals surface area contributed by atoms with Gasteiger partial charge in [-0.15, -0.1) is 0 Å². The summed E-state index contributed by atoms with van der Waals surface area (Å²) in [7, 11) is -0.330. The summed E-state index contributed by atoms with van der Waals surface area (Å²) in [6, 6.07) is 9.25. The van der Waals surface area contributed by atoms with Crippen molar-refractivity contribution in [1.29, 1.82) is 0 Å². The maximum absolute atomic E-state index is 13.7. The molecular formula is C26H33N3O8S. The van der Waals surface area contributed by atoms with Gasteiger partial charge in [-0.2, -0.15) is 0 Å². The van der Waals surface area contributed by atoms with Gasteiger partial charge in [0.05, 0.1) is 24.0 Å². The lowest BCUT2D eigenvalue weighted by Gasteiger charge is -2.36. The Morgan fingerprint density at radius 3 is 2.45 bits per heavy atom. The summed E-state index contributed by atoms with van der Waals surface area (Å²) in [6.07, 6.45) is 0.666. The third-order valence-corrected chi connectivity index (χ3v) is 7.23. The second-order valence-corrected chi connectivity index (χ2v) is 11.5. The van der Waals surface area contributed by atoms with Crippen molar-refractivity contribution in [3.05, 3.63) is 47.5 Å². The van der Waals surface area contributed by atoms with Crippen molar-refractivity contribution >= 4 is 27.5 Å². The van der Waals surface area contributed by atoms with Crippen molar-refractivity contribution in [2.75, 3.05) is 51.6 Å². The molecule has 2 aromatic rings. The maximum Gasteiger partial charge on any atom is 0.257 e. The minimum Gasteiger partial charge on any atom is -0.491 e. The zero-order chi connectivity index (χ0) is 27.6. The van der Waals surface area contributed by atoms with Crippen LogP contribution in [0.4, 0.5) is 5.69 Å². The van der Waals surface area contributed by atoms with Crippen LogP contribution < -0.4 is 18.9 Å². The molecule has 0 spiro atoms. The van der Waals surface area contributed by atoms with Gasteiger partial charge in [0, 0.05) is 44.4 Å². The van der Waals surface area contributed by atoms with Gasteiger partial charge >= 0.3 is 0 Å². The van der Waals surface area contributed by atoms with Gasteiger partial charge in [-0.3, -0.25) is 14.3 Å². The first-order chi connectivity index (χ1) is 18.0. The van der Waals surface area contributed by atoms with Gasteiger partial charge in [-0.25, -0.2) is 8.42 Å².